The molecule has 0 saturated carbocycles. The zero-order chi connectivity index (χ0) is 20.5. The number of piperazine rings is 1. The standard InChI is InChI=1S/C18H16F6N2O2.2ClH/c19-12-9-13(27)14(16(21)15(12)20)17(26-7-5-25-6-8-26)10-1-3-11(4-2-10)28-18(22,23)24;;/h1-4,9,17,25,27H,5-8H2;2*1H/t17-;;/m0../s1. The molecule has 1 saturated heterocycles. The number of aromatic hydroxyl groups is 1. The summed E-state index contributed by atoms with van der Waals surface area (Å²) >= 11 is 0. The summed E-state index contributed by atoms with van der Waals surface area (Å²) in [6.07, 6.45) is -4.87. The Kier molecular flexibility index (Phi) is 9.09. The van der Waals surface area contributed by atoms with Crippen LogP contribution < -0.4 is 10.1 Å². The van der Waals surface area contributed by atoms with Crippen molar-refractivity contribution in [3.05, 3.63) is 58.9 Å². The maximum absolute atomic E-state index is 14.5. The first-order valence-corrected chi connectivity index (χ1v) is 8.34. The molecule has 0 aromatic heterocycles. The Morgan fingerprint density at radius 2 is 1.53 bits per heavy atom. The van der Waals surface area contributed by atoms with Crippen LogP contribution in [0.1, 0.15) is 17.2 Å². The Balaban J connectivity index is 0.00000225. The third-order valence-electron chi connectivity index (χ3n) is 4.40. The number of alkyl halides is 3. The molecule has 1 aliphatic rings. The molecule has 0 aliphatic carbocycles. The molecule has 0 amide bonds. The summed E-state index contributed by atoms with van der Waals surface area (Å²) in [6, 6.07) is 4.03. The summed E-state index contributed by atoms with van der Waals surface area (Å²) in [5.41, 5.74) is -0.193. The van der Waals surface area contributed by atoms with Gasteiger partial charge >= 0.3 is 6.36 Å². The second-order valence-corrected chi connectivity index (χ2v) is 6.22. The van der Waals surface area contributed by atoms with Crippen LogP contribution >= 0.6 is 24.8 Å². The van der Waals surface area contributed by atoms with Crippen LogP contribution in [0.4, 0.5) is 26.3 Å². The first-order valence-electron chi connectivity index (χ1n) is 8.34. The Labute approximate surface area is 180 Å². The summed E-state index contributed by atoms with van der Waals surface area (Å²) in [6.45, 7) is 1.84. The van der Waals surface area contributed by atoms with E-state index in [0.29, 0.717) is 32.2 Å². The van der Waals surface area contributed by atoms with Gasteiger partial charge in [-0.1, -0.05) is 12.1 Å². The fraction of sp³-hybridized carbons (Fsp3) is 0.333. The van der Waals surface area contributed by atoms with Crippen LogP contribution in [0.3, 0.4) is 0 Å². The monoisotopic (exact) mass is 478 g/mol. The van der Waals surface area contributed by atoms with Crippen molar-refractivity contribution in [3.63, 3.8) is 0 Å². The van der Waals surface area contributed by atoms with E-state index in [1.807, 2.05) is 0 Å². The van der Waals surface area contributed by atoms with Crippen molar-refractivity contribution in [1.29, 1.82) is 0 Å². The molecule has 30 heavy (non-hydrogen) atoms. The SMILES string of the molecule is Cl.Cl.Oc1cc(F)c(F)c(F)c1[C@H](c1ccc(OC(F)(F)F)cc1)N1CCNCC1. The summed E-state index contributed by atoms with van der Waals surface area (Å²) in [7, 11) is 0. The van der Waals surface area contributed by atoms with Crippen LogP contribution in [0.2, 0.25) is 0 Å². The molecule has 12 heteroatoms. The predicted molar refractivity (Wildman–Crippen MR) is 102 cm³/mol. The average Bonchev–Trinajstić information content (AvgIpc) is 2.64. The highest BCUT2D eigenvalue weighted by molar-refractivity contribution is 5.85. The van der Waals surface area contributed by atoms with Crippen molar-refractivity contribution in [2.75, 3.05) is 26.2 Å². The van der Waals surface area contributed by atoms with Gasteiger partial charge < -0.3 is 15.2 Å². The third-order valence-corrected chi connectivity index (χ3v) is 4.40. The maximum Gasteiger partial charge on any atom is 0.573 e. The molecule has 1 aliphatic heterocycles. The largest absolute Gasteiger partial charge is 0.573 e. The minimum atomic E-state index is -4.87. The number of hydrogen-bond acceptors (Lipinski definition) is 4. The van der Waals surface area contributed by atoms with Crippen molar-refractivity contribution < 1.29 is 36.2 Å². The minimum absolute atomic E-state index is 0. The number of nitrogens with one attached hydrogen (secondary N) is 1. The summed E-state index contributed by atoms with van der Waals surface area (Å²) in [5, 5.41) is 13.2. The highest BCUT2D eigenvalue weighted by Crippen LogP contribution is 2.38. The molecule has 0 spiro atoms. The number of nitrogens with zero attached hydrogens (tertiary/aromatic N) is 1. The van der Waals surface area contributed by atoms with Gasteiger partial charge in [-0.15, -0.1) is 38.0 Å². The van der Waals surface area contributed by atoms with Gasteiger partial charge in [-0.25, -0.2) is 13.2 Å². The number of benzene rings is 2. The van der Waals surface area contributed by atoms with Crippen LogP contribution in [-0.2, 0) is 0 Å². The van der Waals surface area contributed by atoms with Crippen LogP contribution in [0.5, 0.6) is 11.5 Å². The van der Waals surface area contributed by atoms with E-state index >= 15 is 0 Å². The van der Waals surface area contributed by atoms with Crippen LogP contribution in [0, 0.1) is 17.5 Å². The molecule has 3 rings (SSSR count). The highest BCUT2D eigenvalue weighted by Gasteiger charge is 2.33. The lowest BCUT2D eigenvalue weighted by Gasteiger charge is -2.36. The summed E-state index contributed by atoms with van der Waals surface area (Å²) in [5.74, 6) is -6.07. The van der Waals surface area contributed by atoms with Gasteiger partial charge in [0.05, 0.1) is 11.6 Å². The van der Waals surface area contributed by atoms with Gasteiger partial charge in [0.2, 0.25) is 0 Å². The van der Waals surface area contributed by atoms with Gasteiger partial charge in [0, 0.05) is 32.2 Å². The summed E-state index contributed by atoms with van der Waals surface area (Å²) < 4.78 is 82.6. The number of rotatable bonds is 4. The molecule has 1 fully saturated rings. The van der Waals surface area contributed by atoms with Crippen molar-refractivity contribution in [1.82, 2.24) is 10.2 Å². The van der Waals surface area contributed by atoms with Crippen LogP contribution in [-0.4, -0.2) is 42.5 Å². The lowest BCUT2D eigenvalue weighted by atomic mass is 9.94. The van der Waals surface area contributed by atoms with E-state index in [0.717, 1.165) is 12.1 Å². The second-order valence-electron chi connectivity index (χ2n) is 6.22. The van der Waals surface area contributed by atoms with Crippen molar-refractivity contribution >= 4 is 24.8 Å². The van der Waals surface area contributed by atoms with E-state index in [9.17, 15) is 31.4 Å². The minimum Gasteiger partial charge on any atom is -0.507 e. The van der Waals surface area contributed by atoms with E-state index in [1.165, 1.54) is 12.1 Å². The first-order chi connectivity index (χ1) is 13.2. The lowest BCUT2D eigenvalue weighted by molar-refractivity contribution is -0.274. The van der Waals surface area contributed by atoms with Gasteiger partial charge in [0.1, 0.15) is 11.5 Å². The fourth-order valence-corrected chi connectivity index (χ4v) is 3.21. The topological polar surface area (TPSA) is 44.7 Å². The van der Waals surface area contributed by atoms with E-state index in [4.69, 9.17) is 0 Å². The molecule has 1 heterocycles. The first kappa shape index (κ1) is 26.2. The highest BCUT2D eigenvalue weighted by atomic mass is 35.5. The van der Waals surface area contributed by atoms with Gasteiger partial charge in [0.25, 0.3) is 0 Å². The average molecular weight is 479 g/mol. The predicted octanol–water partition coefficient (Wildman–Crippen LogP) is 4.55. The molecular formula is C18H18Cl2F6N2O2. The van der Waals surface area contributed by atoms with Gasteiger partial charge in [0.15, 0.2) is 17.5 Å². The molecule has 0 unspecified atom stereocenters. The van der Waals surface area contributed by atoms with Gasteiger partial charge in [-0.3, -0.25) is 4.90 Å². The quantitative estimate of drug-likeness (QED) is 0.500. The molecule has 0 radical (unpaired) electrons. The molecule has 4 nitrogen and oxygen atoms in total. The molecule has 2 aromatic carbocycles. The molecule has 1 atom stereocenters. The van der Waals surface area contributed by atoms with Crippen molar-refractivity contribution in [2.45, 2.75) is 12.4 Å². The smallest absolute Gasteiger partial charge is 0.507 e. The van der Waals surface area contributed by atoms with E-state index < -0.39 is 46.9 Å². The van der Waals surface area contributed by atoms with Gasteiger partial charge in [-0.05, 0) is 17.7 Å². The van der Waals surface area contributed by atoms with Crippen LogP contribution in [0.15, 0.2) is 30.3 Å². The number of phenolic OH excluding ortho intramolecular Hbond substituents is 1. The Bertz CT molecular complexity index is 846. The molecule has 168 valence electrons. The zero-order valence-corrected chi connectivity index (χ0v) is 16.8. The van der Waals surface area contributed by atoms with Crippen molar-refractivity contribution in [3.8, 4) is 11.5 Å². The summed E-state index contributed by atoms with van der Waals surface area (Å²) in [4.78, 5) is 1.71. The second kappa shape index (κ2) is 10.4. The van der Waals surface area contributed by atoms with E-state index in [1.54, 1.807) is 4.90 Å². The third kappa shape index (κ3) is 5.84. The number of ether oxygens (including phenoxy) is 1. The molecular weight excluding hydrogens is 461 g/mol. The lowest BCUT2D eigenvalue weighted by Crippen LogP contribution is -2.45. The van der Waals surface area contributed by atoms with Gasteiger partial charge in [-0.2, -0.15) is 0 Å². The maximum atomic E-state index is 14.5. The Hall–Kier alpha value is -1.88. The Morgan fingerprint density at radius 1 is 0.967 bits per heavy atom. The molecule has 2 N–H and O–H groups in total. The normalized spacial score (nSPS) is 15.7. The van der Waals surface area contributed by atoms with E-state index in [-0.39, 0.29) is 30.4 Å². The molecule has 0 bridgehead atoms. The van der Waals surface area contributed by atoms with Crippen LogP contribution in [0.25, 0.3) is 0 Å². The van der Waals surface area contributed by atoms with E-state index in [2.05, 4.69) is 10.1 Å². The van der Waals surface area contributed by atoms with Crippen molar-refractivity contribution in [2.24, 2.45) is 0 Å². The number of phenols is 1. The number of hydrogen-bond donors (Lipinski definition) is 2. The number of halogens is 8. The zero-order valence-electron chi connectivity index (χ0n) is 15.2. The molecule has 2 aromatic rings. The Morgan fingerprint density at radius 3 is 2.07 bits per heavy atom. The fourth-order valence-electron chi connectivity index (χ4n) is 3.21.